The Bertz CT molecular complexity index is 484. The van der Waals surface area contributed by atoms with E-state index in [1.165, 1.54) is 0 Å². The van der Waals surface area contributed by atoms with Crippen LogP contribution in [0.2, 0.25) is 5.02 Å². The lowest BCUT2D eigenvalue weighted by atomic mass is 9.97. The van der Waals surface area contributed by atoms with E-state index in [9.17, 15) is 4.79 Å². The molecular formula is C14H18ClN3OS. The zero-order chi connectivity index (χ0) is 14.5. The molecule has 0 bridgehead atoms. The number of thiocarbonyl (C=S) groups is 1. The van der Waals surface area contributed by atoms with Gasteiger partial charge in [-0.1, -0.05) is 23.8 Å². The number of carbonyl (C=O) groups excluding carboxylic acids is 1. The Morgan fingerprint density at radius 2 is 1.95 bits per heavy atom. The first-order chi connectivity index (χ1) is 9.54. The molecule has 0 saturated carbocycles. The van der Waals surface area contributed by atoms with Crippen molar-refractivity contribution in [2.24, 2.45) is 11.7 Å². The number of amides is 1. The van der Waals surface area contributed by atoms with Gasteiger partial charge in [-0.2, -0.15) is 0 Å². The Kier molecular flexibility index (Phi) is 5.34. The molecule has 1 aromatic carbocycles. The Balaban J connectivity index is 1.78. The first kappa shape index (κ1) is 15.2. The van der Waals surface area contributed by atoms with Gasteiger partial charge in [-0.25, -0.2) is 0 Å². The Labute approximate surface area is 129 Å². The minimum absolute atomic E-state index is 0.0129. The lowest BCUT2D eigenvalue weighted by Gasteiger charge is -2.30. The molecule has 1 aromatic rings. The minimum Gasteiger partial charge on any atom is -0.393 e. The van der Waals surface area contributed by atoms with E-state index in [2.05, 4.69) is 10.2 Å². The number of nitrogens with two attached hydrogens (primary N) is 1. The zero-order valence-corrected chi connectivity index (χ0v) is 12.7. The first-order valence-corrected chi connectivity index (χ1v) is 7.40. The van der Waals surface area contributed by atoms with Crippen molar-refractivity contribution in [2.75, 3.05) is 25.0 Å². The summed E-state index contributed by atoms with van der Waals surface area (Å²) >= 11 is 10.8. The number of likely N-dealkylation sites (tertiary alicyclic amines) is 1. The van der Waals surface area contributed by atoms with Crippen LogP contribution in [-0.4, -0.2) is 35.4 Å². The summed E-state index contributed by atoms with van der Waals surface area (Å²) < 4.78 is 0. The van der Waals surface area contributed by atoms with Gasteiger partial charge in [-0.05, 0) is 50.2 Å². The van der Waals surface area contributed by atoms with E-state index in [1.54, 1.807) is 24.3 Å². The van der Waals surface area contributed by atoms with Gasteiger partial charge in [0.25, 0.3) is 0 Å². The quantitative estimate of drug-likeness (QED) is 0.838. The molecule has 4 nitrogen and oxygen atoms in total. The predicted octanol–water partition coefficient (Wildman–Crippen LogP) is 2.28. The summed E-state index contributed by atoms with van der Waals surface area (Å²) in [4.78, 5) is 14.7. The summed E-state index contributed by atoms with van der Waals surface area (Å²) in [5.74, 6) is 0.307. The van der Waals surface area contributed by atoms with Crippen LogP contribution in [0.1, 0.15) is 12.8 Å². The highest BCUT2D eigenvalue weighted by atomic mass is 35.5. The van der Waals surface area contributed by atoms with Gasteiger partial charge in [0.1, 0.15) is 0 Å². The van der Waals surface area contributed by atoms with Crippen LogP contribution in [0.4, 0.5) is 5.69 Å². The van der Waals surface area contributed by atoms with E-state index in [4.69, 9.17) is 29.6 Å². The average Bonchev–Trinajstić information content (AvgIpc) is 2.42. The Hall–Kier alpha value is -1.17. The summed E-state index contributed by atoms with van der Waals surface area (Å²) in [6.07, 6.45) is 1.87. The fourth-order valence-electron chi connectivity index (χ4n) is 2.31. The lowest BCUT2D eigenvalue weighted by Crippen LogP contribution is -2.41. The predicted molar refractivity (Wildman–Crippen MR) is 86.0 cm³/mol. The van der Waals surface area contributed by atoms with Crippen LogP contribution in [0.3, 0.4) is 0 Å². The molecule has 1 fully saturated rings. The van der Waals surface area contributed by atoms with Gasteiger partial charge >= 0.3 is 0 Å². The van der Waals surface area contributed by atoms with Crippen LogP contribution in [0.25, 0.3) is 0 Å². The van der Waals surface area contributed by atoms with E-state index in [0.717, 1.165) is 31.6 Å². The third-order valence-corrected chi connectivity index (χ3v) is 4.07. The number of nitrogens with one attached hydrogen (secondary N) is 1. The summed E-state index contributed by atoms with van der Waals surface area (Å²) in [6.45, 7) is 2.11. The van der Waals surface area contributed by atoms with Gasteiger partial charge in [-0.3, -0.25) is 9.69 Å². The topological polar surface area (TPSA) is 58.4 Å². The number of carbonyl (C=O) groups is 1. The van der Waals surface area contributed by atoms with Gasteiger partial charge in [-0.15, -0.1) is 0 Å². The maximum atomic E-state index is 11.9. The fourth-order valence-corrected chi connectivity index (χ4v) is 2.67. The molecule has 1 amide bonds. The summed E-state index contributed by atoms with van der Waals surface area (Å²) in [6, 6.07) is 7.09. The highest BCUT2D eigenvalue weighted by Gasteiger charge is 2.22. The number of piperidine rings is 1. The number of hydrogen-bond donors (Lipinski definition) is 2. The Morgan fingerprint density at radius 1 is 1.35 bits per heavy atom. The Morgan fingerprint density at radius 3 is 2.50 bits per heavy atom. The second-order valence-electron chi connectivity index (χ2n) is 5.01. The summed E-state index contributed by atoms with van der Waals surface area (Å²) in [5.41, 5.74) is 6.41. The lowest BCUT2D eigenvalue weighted by molar-refractivity contribution is -0.117. The molecule has 20 heavy (non-hydrogen) atoms. The molecule has 1 heterocycles. The summed E-state index contributed by atoms with van der Waals surface area (Å²) in [5, 5.41) is 3.52. The van der Waals surface area contributed by atoms with Crippen molar-refractivity contribution in [1.82, 2.24) is 4.90 Å². The highest BCUT2D eigenvalue weighted by molar-refractivity contribution is 7.80. The largest absolute Gasteiger partial charge is 0.393 e. The van der Waals surface area contributed by atoms with Crippen LogP contribution in [0.15, 0.2) is 24.3 Å². The van der Waals surface area contributed by atoms with Gasteiger partial charge in [0.05, 0.1) is 11.5 Å². The maximum Gasteiger partial charge on any atom is 0.238 e. The molecule has 1 aliphatic heterocycles. The van der Waals surface area contributed by atoms with Crippen molar-refractivity contribution < 1.29 is 4.79 Å². The molecule has 0 aliphatic carbocycles. The van der Waals surface area contributed by atoms with Crippen molar-refractivity contribution >= 4 is 40.4 Å². The van der Waals surface area contributed by atoms with Crippen molar-refractivity contribution in [2.45, 2.75) is 12.8 Å². The molecule has 2 rings (SSSR count). The smallest absolute Gasteiger partial charge is 0.238 e. The van der Waals surface area contributed by atoms with E-state index in [-0.39, 0.29) is 5.91 Å². The maximum absolute atomic E-state index is 11.9. The van der Waals surface area contributed by atoms with E-state index < -0.39 is 0 Å². The van der Waals surface area contributed by atoms with Crippen LogP contribution in [0, 0.1) is 5.92 Å². The third kappa shape index (κ3) is 4.44. The number of halogens is 1. The minimum atomic E-state index is -0.0129. The van der Waals surface area contributed by atoms with E-state index >= 15 is 0 Å². The molecule has 1 aliphatic rings. The number of anilines is 1. The average molecular weight is 312 g/mol. The van der Waals surface area contributed by atoms with Crippen molar-refractivity contribution in [3.8, 4) is 0 Å². The molecule has 1 saturated heterocycles. The van der Waals surface area contributed by atoms with Gasteiger partial charge < -0.3 is 11.1 Å². The van der Waals surface area contributed by atoms with Gasteiger partial charge in [0.2, 0.25) is 5.91 Å². The van der Waals surface area contributed by atoms with Crippen molar-refractivity contribution in [3.63, 3.8) is 0 Å². The second-order valence-corrected chi connectivity index (χ2v) is 5.92. The second kappa shape index (κ2) is 7.02. The number of benzene rings is 1. The molecule has 0 radical (unpaired) electrons. The zero-order valence-electron chi connectivity index (χ0n) is 11.1. The van der Waals surface area contributed by atoms with Crippen LogP contribution in [-0.2, 0) is 4.79 Å². The van der Waals surface area contributed by atoms with Crippen molar-refractivity contribution in [3.05, 3.63) is 29.3 Å². The summed E-state index contributed by atoms with van der Waals surface area (Å²) in [7, 11) is 0. The van der Waals surface area contributed by atoms with Gasteiger partial charge in [0.15, 0.2) is 0 Å². The number of hydrogen-bond acceptors (Lipinski definition) is 3. The molecule has 0 aromatic heterocycles. The molecule has 0 unspecified atom stereocenters. The monoisotopic (exact) mass is 311 g/mol. The van der Waals surface area contributed by atoms with Crippen LogP contribution in [0.5, 0.6) is 0 Å². The van der Waals surface area contributed by atoms with Gasteiger partial charge in [0, 0.05) is 16.6 Å². The SMILES string of the molecule is NC(=S)C1CCN(CC(=O)Nc2ccc(Cl)cc2)CC1. The standard InChI is InChI=1S/C14H18ClN3OS/c15-11-1-3-12(4-2-11)17-13(19)9-18-7-5-10(6-8-18)14(16)20/h1-4,10H,5-9H2,(H2,16,20)(H,17,19). The molecule has 3 N–H and O–H groups in total. The third-order valence-electron chi connectivity index (χ3n) is 3.49. The molecule has 6 heteroatoms. The molecule has 108 valence electrons. The number of nitrogens with zero attached hydrogens (tertiary/aromatic N) is 1. The first-order valence-electron chi connectivity index (χ1n) is 6.61. The number of rotatable bonds is 4. The fraction of sp³-hybridized carbons (Fsp3) is 0.429. The molecular weight excluding hydrogens is 294 g/mol. The van der Waals surface area contributed by atoms with Crippen LogP contribution >= 0.6 is 23.8 Å². The van der Waals surface area contributed by atoms with E-state index in [1.807, 2.05) is 0 Å². The highest BCUT2D eigenvalue weighted by Crippen LogP contribution is 2.17. The molecule has 0 atom stereocenters. The van der Waals surface area contributed by atoms with Crippen LogP contribution < -0.4 is 11.1 Å². The van der Waals surface area contributed by atoms with E-state index in [0.29, 0.717) is 22.5 Å². The normalized spacial score (nSPS) is 16.9. The molecule has 0 spiro atoms. The van der Waals surface area contributed by atoms with Crippen molar-refractivity contribution in [1.29, 1.82) is 0 Å².